The predicted octanol–water partition coefficient (Wildman–Crippen LogP) is 3.15. The van der Waals surface area contributed by atoms with Crippen molar-refractivity contribution in [3.63, 3.8) is 0 Å². The highest BCUT2D eigenvalue weighted by atomic mass is 32.2. The molecule has 186 valence electrons. The fourth-order valence-corrected chi connectivity index (χ4v) is 7.42. The molecule has 3 rings (SSSR count). The fraction of sp³-hybridized carbons (Fsp3) is 0.720. The van der Waals surface area contributed by atoms with Gasteiger partial charge in [-0.1, -0.05) is 31.5 Å². The fourth-order valence-electron chi connectivity index (χ4n) is 6.10. The van der Waals surface area contributed by atoms with Gasteiger partial charge in [0.05, 0.1) is 17.1 Å². The lowest BCUT2D eigenvalue weighted by molar-refractivity contribution is -0.123. The second-order valence-corrected chi connectivity index (χ2v) is 12.7. The molecular weight excluding hydrogens is 440 g/mol. The highest BCUT2D eigenvalue weighted by Gasteiger charge is 2.61. The summed E-state index contributed by atoms with van der Waals surface area (Å²) in [5.74, 6) is 0.0496. The molecule has 3 N–H and O–H groups in total. The van der Waals surface area contributed by atoms with Crippen LogP contribution in [0.1, 0.15) is 64.9 Å². The summed E-state index contributed by atoms with van der Waals surface area (Å²) in [7, 11) is -2.12. The van der Waals surface area contributed by atoms with Crippen molar-refractivity contribution >= 4 is 15.9 Å². The lowest BCUT2D eigenvalue weighted by atomic mass is 9.57. The van der Waals surface area contributed by atoms with E-state index in [-0.39, 0.29) is 33.6 Å². The summed E-state index contributed by atoms with van der Waals surface area (Å²) < 4.78 is 34.7. The average molecular weight is 481 g/mol. The molecule has 0 radical (unpaired) electrons. The number of hydrogen-bond acceptors (Lipinski definition) is 5. The van der Waals surface area contributed by atoms with Crippen molar-refractivity contribution in [1.29, 1.82) is 0 Å². The highest BCUT2D eigenvalue weighted by molar-refractivity contribution is 7.89. The minimum Gasteiger partial charge on any atom is -0.390 e. The van der Waals surface area contributed by atoms with Gasteiger partial charge in [0.1, 0.15) is 0 Å². The first-order chi connectivity index (χ1) is 15.3. The van der Waals surface area contributed by atoms with E-state index in [0.29, 0.717) is 51.7 Å². The van der Waals surface area contributed by atoms with Gasteiger partial charge < -0.3 is 15.2 Å². The number of benzene rings is 1. The van der Waals surface area contributed by atoms with Gasteiger partial charge in [-0.15, -0.1) is 0 Å². The summed E-state index contributed by atoms with van der Waals surface area (Å²) in [6, 6.07) is 6.57. The SMILES string of the molecule is COCCNC(=O)CC[C@]12CC[C@](C)(O)C[C@@H]1C(C)(C)C[C@H]2NS(=O)(=O)c1ccc(C)cc1. The molecule has 2 saturated carbocycles. The summed E-state index contributed by atoms with van der Waals surface area (Å²) in [4.78, 5) is 12.8. The van der Waals surface area contributed by atoms with Gasteiger partial charge >= 0.3 is 0 Å². The van der Waals surface area contributed by atoms with Crippen LogP contribution in [0.25, 0.3) is 0 Å². The van der Waals surface area contributed by atoms with Crippen LogP contribution >= 0.6 is 0 Å². The summed E-state index contributed by atoms with van der Waals surface area (Å²) >= 11 is 0. The first kappa shape index (κ1) is 26.1. The topological polar surface area (TPSA) is 105 Å². The van der Waals surface area contributed by atoms with E-state index in [1.54, 1.807) is 31.4 Å². The summed E-state index contributed by atoms with van der Waals surface area (Å²) in [6.07, 6.45) is 3.45. The summed E-state index contributed by atoms with van der Waals surface area (Å²) in [6.45, 7) is 9.02. The van der Waals surface area contributed by atoms with Gasteiger partial charge in [0.2, 0.25) is 15.9 Å². The smallest absolute Gasteiger partial charge is 0.240 e. The Morgan fingerprint density at radius 2 is 1.82 bits per heavy atom. The van der Waals surface area contributed by atoms with Gasteiger partial charge in [-0.2, -0.15) is 0 Å². The molecule has 33 heavy (non-hydrogen) atoms. The molecule has 0 unspecified atom stereocenters. The standard InChI is InChI=1S/C25H40N2O5S/c1-18-6-8-19(9-7-18)33(30,31)27-21-17-23(2,3)20-16-24(4,29)12-13-25(20,21)11-10-22(28)26-14-15-32-5/h6-9,20-21,27,29H,10-17H2,1-5H3,(H,26,28)/t20-,21-,24+,25+/m1/s1. The van der Waals surface area contributed by atoms with Crippen molar-refractivity contribution in [3.05, 3.63) is 29.8 Å². The number of methoxy groups -OCH3 is 1. The van der Waals surface area contributed by atoms with Crippen molar-refractivity contribution in [3.8, 4) is 0 Å². The van der Waals surface area contributed by atoms with Crippen LogP contribution in [-0.2, 0) is 19.6 Å². The van der Waals surface area contributed by atoms with Gasteiger partial charge in [0, 0.05) is 26.1 Å². The normalized spacial score (nSPS) is 31.2. The Labute approximate surface area is 198 Å². The Morgan fingerprint density at radius 1 is 1.15 bits per heavy atom. The zero-order valence-corrected chi connectivity index (χ0v) is 21.4. The van der Waals surface area contributed by atoms with Crippen molar-refractivity contribution in [2.45, 2.75) is 82.8 Å². The molecule has 2 aliphatic carbocycles. The third-order valence-electron chi connectivity index (χ3n) is 7.91. The van der Waals surface area contributed by atoms with Crippen LogP contribution in [0.3, 0.4) is 0 Å². The number of carbonyl (C=O) groups is 1. The van der Waals surface area contributed by atoms with E-state index in [2.05, 4.69) is 23.9 Å². The number of hydrogen-bond donors (Lipinski definition) is 3. The molecule has 0 bridgehead atoms. The Hall–Kier alpha value is -1.48. The van der Waals surface area contributed by atoms with Gasteiger partial charge in [-0.3, -0.25) is 4.79 Å². The number of aryl methyl sites for hydroxylation is 1. The Balaban J connectivity index is 1.88. The van der Waals surface area contributed by atoms with E-state index in [4.69, 9.17) is 4.74 Å². The molecule has 0 aliphatic heterocycles. The zero-order chi connectivity index (χ0) is 24.5. The number of aliphatic hydroxyl groups is 1. The molecule has 4 atom stereocenters. The number of fused-ring (bicyclic) bond motifs is 1. The van der Waals surface area contributed by atoms with Gasteiger partial charge in [0.15, 0.2) is 0 Å². The minimum absolute atomic E-state index is 0.0534. The molecule has 0 aromatic heterocycles. The lowest BCUT2D eigenvalue weighted by Gasteiger charge is -2.50. The third kappa shape index (κ3) is 5.78. The van der Waals surface area contributed by atoms with E-state index in [9.17, 15) is 18.3 Å². The van der Waals surface area contributed by atoms with Crippen LogP contribution in [0, 0.1) is 23.7 Å². The van der Waals surface area contributed by atoms with Crippen molar-refractivity contribution in [1.82, 2.24) is 10.0 Å². The van der Waals surface area contributed by atoms with Gasteiger partial charge in [0.25, 0.3) is 0 Å². The van der Waals surface area contributed by atoms with Crippen LogP contribution in [0.4, 0.5) is 0 Å². The maximum Gasteiger partial charge on any atom is 0.240 e. The molecule has 8 heteroatoms. The molecule has 0 heterocycles. The summed E-state index contributed by atoms with van der Waals surface area (Å²) in [5, 5.41) is 13.8. The monoisotopic (exact) mass is 480 g/mol. The van der Waals surface area contributed by atoms with Crippen LogP contribution in [0.5, 0.6) is 0 Å². The van der Waals surface area contributed by atoms with E-state index >= 15 is 0 Å². The minimum atomic E-state index is -3.71. The maximum absolute atomic E-state index is 13.3. The lowest BCUT2D eigenvalue weighted by Crippen LogP contribution is -2.52. The summed E-state index contributed by atoms with van der Waals surface area (Å²) in [5.41, 5.74) is -0.336. The molecule has 1 aromatic rings. The average Bonchev–Trinajstić information content (AvgIpc) is 2.92. The van der Waals surface area contributed by atoms with E-state index < -0.39 is 15.6 Å². The second kappa shape index (κ2) is 9.64. The quantitative estimate of drug-likeness (QED) is 0.471. The first-order valence-corrected chi connectivity index (χ1v) is 13.4. The predicted molar refractivity (Wildman–Crippen MR) is 128 cm³/mol. The van der Waals surface area contributed by atoms with Crippen molar-refractivity contribution in [2.75, 3.05) is 20.3 Å². The van der Waals surface area contributed by atoms with Crippen molar-refractivity contribution in [2.24, 2.45) is 16.7 Å². The van der Waals surface area contributed by atoms with E-state index in [1.807, 2.05) is 13.8 Å². The Kier molecular flexibility index (Phi) is 7.63. The molecular formula is C25H40N2O5S. The highest BCUT2D eigenvalue weighted by Crippen LogP contribution is 2.64. The van der Waals surface area contributed by atoms with Crippen LogP contribution in [0.2, 0.25) is 0 Å². The van der Waals surface area contributed by atoms with E-state index in [0.717, 1.165) is 5.56 Å². The van der Waals surface area contributed by atoms with Crippen LogP contribution in [0.15, 0.2) is 29.2 Å². The molecule has 2 fully saturated rings. The Morgan fingerprint density at radius 3 is 2.45 bits per heavy atom. The molecule has 0 spiro atoms. The number of nitrogens with one attached hydrogen (secondary N) is 2. The van der Waals surface area contributed by atoms with E-state index in [1.165, 1.54) is 0 Å². The van der Waals surface area contributed by atoms with Crippen LogP contribution in [-0.4, -0.2) is 51.3 Å². The van der Waals surface area contributed by atoms with Crippen LogP contribution < -0.4 is 10.0 Å². The Bertz CT molecular complexity index is 942. The third-order valence-corrected chi connectivity index (χ3v) is 9.40. The molecule has 1 amide bonds. The largest absolute Gasteiger partial charge is 0.390 e. The van der Waals surface area contributed by atoms with Gasteiger partial charge in [-0.25, -0.2) is 13.1 Å². The molecule has 7 nitrogen and oxygen atoms in total. The second-order valence-electron chi connectivity index (χ2n) is 11.0. The molecule has 1 aromatic carbocycles. The number of ether oxygens (including phenoxy) is 1. The number of rotatable bonds is 9. The number of amides is 1. The maximum atomic E-state index is 13.3. The van der Waals surface area contributed by atoms with Crippen molar-refractivity contribution < 1.29 is 23.1 Å². The van der Waals surface area contributed by atoms with Gasteiger partial charge in [-0.05, 0) is 74.8 Å². The zero-order valence-electron chi connectivity index (χ0n) is 20.6. The molecule has 0 saturated heterocycles. The number of carbonyl (C=O) groups excluding carboxylic acids is 1. The number of sulfonamides is 1. The first-order valence-electron chi connectivity index (χ1n) is 11.9. The molecule has 2 aliphatic rings.